The highest BCUT2D eigenvalue weighted by molar-refractivity contribution is 5.93. The summed E-state index contributed by atoms with van der Waals surface area (Å²) in [7, 11) is 0. The number of ether oxygens (including phenoxy) is 2. The fourth-order valence-electron chi connectivity index (χ4n) is 4.90. The molecule has 40 heavy (non-hydrogen) atoms. The van der Waals surface area contributed by atoms with E-state index in [-0.39, 0.29) is 42.8 Å². The van der Waals surface area contributed by atoms with Gasteiger partial charge in [0.1, 0.15) is 18.7 Å². The topological polar surface area (TPSA) is 143 Å². The van der Waals surface area contributed by atoms with Crippen molar-refractivity contribution >= 4 is 29.8 Å². The van der Waals surface area contributed by atoms with Gasteiger partial charge in [-0.15, -0.1) is 0 Å². The fraction of sp³-hybridized carbons (Fsp3) is 0.552. The molecule has 0 aromatic heterocycles. The van der Waals surface area contributed by atoms with E-state index in [4.69, 9.17) is 9.47 Å². The van der Waals surface area contributed by atoms with Gasteiger partial charge in [0.2, 0.25) is 17.7 Å². The Morgan fingerprint density at radius 3 is 2.52 bits per heavy atom. The lowest BCUT2D eigenvalue weighted by molar-refractivity contribution is -0.139. The smallest absolute Gasteiger partial charge is 0.408 e. The van der Waals surface area contributed by atoms with Crippen molar-refractivity contribution in [2.24, 2.45) is 11.8 Å². The lowest BCUT2D eigenvalue weighted by Crippen LogP contribution is -2.52. The van der Waals surface area contributed by atoms with E-state index in [1.165, 1.54) is 17.1 Å². The Morgan fingerprint density at radius 2 is 1.88 bits per heavy atom. The van der Waals surface area contributed by atoms with Crippen molar-refractivity contribution in [1.82, 2.24) is 20.9 Å². The van der Waals surface area contributed by atoms with Crippen LogP contribution in [0.3, 0.4) is 0 Å². The lowest BCUT2D eigenvalue weighted by Gasteiger charge is -2.30. The molecule has 2 heterocycles. The van der Waals surface area contributed by atoms with Gasteiger partial charge in [0.15, 0.2) is 0 Å². The number of esters is 1. The third-order valence-electron chi connectivity index (χ3n) is 6.90. The number of nitrogens with one attached hydrogen (secondary N) is 3. The zero-order valence-corrected chi connectivity index (χ0v) is 23.4. The Morgan fingerprint density at radius 1 is 1.12 bits per heavy atom. The second kappa shape index (κ2) is 15.0. The highest BCUT2D eigenvalue weighted by atomic mass is 16.5. The maximum atomic E-state index is 13.6. The minimum absolute atomic E-state index is 0.0788. The molecule has 3 rings (SSSR count). The number of hydrogen-bond donors (Lipinski definition) is 3. The van der Waals surface area contributed by atoms with Crippen LogP contribution in [-0.4, -0.2) is 72.5 Å². The number of likely N-dealkylation sites (tertiary alicyclic amines) is 1. The molecule has 11 nitrogen and oxygen atoms in total. The van der Waals surface area contributed by atoms with Gasteiger partial charge in [-0.05, 0) is 44.1 Å². The monoisotopic (exact) mass is 556 g/mol. The van der Waals surface area contributed by atoms with E-state index in [9.17, 15) is 24.0 Å². The van der Waals surface area contributed by atoms with Crippen molar-refractivity contribution < 1.29 is 33.4 Å². The van der Waals surface area contributed by atoms with Crippen LogP contribution >= 0.6 is 0 Å². The number of alkyl carbamates (subject to hydrolysis) is 1. The molecule has 0 unspecified atom stereocenters. The normalized spacial score (nSPS) is 20.4. The van der Waals surface area contributed by atoms with Gasteiger partial charge in [0, 0.05) is 31.1 Å². The average Bonchev–Trinajstić information content (AvgIpc) is 3.49. The first kappa shape index (κ1) is 30.6. The van der Waals surface area contributed by atoms with Crippen LogP contribution in [0.15, 0.2) is 42.5 Å². The van der Waals surface area contributed by atoms with Crippen molar-refractivity contribution in [3.63, 3.8) is 0 Å². The number of carbonyl (C=O) groups is 5. The Hall–Kier alpha value is -3.89. The molecule has 1 aromatic carbocycles. The summed E-state index contributed by atoms with van der Waals surface area (Å²) in [4.78, 5) is 64.8. The van der Waals surface area contributed by atoms with E-state index in [1.807, 2.05) is 44.2 Å². The number of nitrogens with zero attached hydrogens (tertiary/aromatic N) is 1. The van der Waals surface area contributed by atoms with Crippen LogP contribution in [0.5, 0.6) is 0 Å². The number of benzene rings is 1. The summed E-state index contributed by atoms with van der Waals surface area (Å²) in [6.07, 6.45) is 3.77. The third kappa shape index (κ3) is 9.10. The summed E-state index contributed by atoms with van der Waals surface area (Å²) in [5, 5.41) is 8.35. The third-order valence-corrected chi connectivity index (χ3v) is 6.90. The molecule has 3 N–H and O–H groups in total. The largest absolute Gasteiger partial charge is 0.463 e. The number of hydrogen-bond acceptors (Lipinski definition) is 7. The summed E-state index contributed by atoms with van der Waals surface area (Å²) < 4.78 is 10.2. The molecule has 4 atom stereocenters. The highest BCUT2D eigenvalue weighted by Gasteiger charge is 2.40. The van der Waals surface area contributed by atoms with Crippen molar-refractivity contribution in [2.45, 2.75) is 71.2 Å². The molecule has 2 aliphatic rings. The van der Waals surface area contributed by atoms with Gasteiger partial charge in [0.25, 0.3) is 0 Å². The molecule has 0 aliphatic carbocycles. The van der Waals surface area contributed by atoms with Gasteiger partial charge >= 0.3 is 12.1 Å². The van der Waals surface area contributed by atoms with Gasteiger partial charge in [-0.2, -0.15) is 0 Å². The van der Waals surface area contributed by atoms with Crippen LogP contribution in [-0.2, 0) is 35.3 Å². The van der Waals surface area contributed by atoms with E-state index in [0.717, 1.165) is 5.56 Å². The quantitative estimate of drug-likeness (QED) is 0.249. The molecule has 2 fully saturated rings. The summed E-state index contributed by atoms with van der Waals surface area (Å²) in [5.41, 5.74) is 0.826. The molecule has 2 saturated heterocycles. The van der Waals surface area contributed by atoms with Crippen molar-refractivity contribution in [2.75, 3.05) is 19.7 Å². The Labute approximate surface area is 235 Å². The number of carbonyl (C=O) groups excluding carboxylic acids is 5. The molecular formula is C29H40N4O7. The maximum Gasteiger partial charge on any atom is 0.408 e. The van der Waals surface area contributed by atoms with Crippen LogP contribution in [0.4, 0.5) is 4.79 Å². The van der Waals surface area contributed by atoms with Crippen LogP contribution in [0.2, 0.25) is 0 Å². The fourth-order valence-corrected chi connectivity index (χ4v) is 4.90. The van der Waals surface area contributed by atoms with Gasteiger partial charge in [-0.1, -0.05) is 50.3 Å². The standard InChI is InChI=1S/C29H40N4O7/c1-4-39-25(34)11-10-22(17-21-12-14-30-26(21)35)31-27(36)24(16-19(2)3)33-15-13-23(28(33)37)32-29(38)40-18-20-8-6-5-7-9-20/h5-11,19,21-24H,4,12-18H2,1-3H3,(H,30,35)(H,31,36)(H,32,38)/b11-10+/t21-,22+,23-,24-/m0/s1. The Kier molecular flexibility index (Phi) is 11.5. The van der Waals surface area contributed by atoms with E-state index < -0.39 is 30.2 Å². The second-order valence-electron chi connectivity index (χ2n) is 10.5. The van der Waals surface area contributed by atoms with Crippen molar-refractivity contribution in [3.05, 3.63) is 48.0 Å². The summed E-state index contributed by atoms with van der Waals surface area (Å²) in [6.45, 7) is 6.76. The Balaban J connectivity index is 1.65. The predicted molar refractivity (Wildman–Crippen MR) is 147 cm³/mol. The zero-order valence-electron chi connectivity index (χ0n) is 23.4. The van der Waals surface area contributed by atoms with Crippen LogP contribution in [0.25, 0.3) is 0 Å². The molecule has 1 aromatic rings. The summed E-state index contributed by atoms with van der Waals surface area (Å²) in [5.74, 6) is -1.58. The van der Waals surface area contributed by atoms with Gasteiger partial charge < -0.3 is 30.3 Å². The highest BCUT2D eigenvalue weighted by Crippen LogP contribution is 2.22. The molecule has 0 bridgehead atoms. The van der Waals surface area contributed by atoms with E-state index >= 15 is 0 Å². The van der Waals surface area contributed by atoms with Crippen LogP contribution in [0, 0.1) is 11.8 Å². The molecule has 0 spiro atoms. The predicted octanol–water partition coefficient (Wildman–Crippen LogP) is 2.06. The Bertz CT molecular complexity index is 1080. The van der Waals surface area contributed by atoms with Gasteiger partial charge in [-0.25, -0.2) is 9.59 Å². The molecule has 0 radical (unpaired) electrons. The van der Waals surface area contributed by atoms with E-state index in [1.54, 1.807) is 6.92 Å². The lowest BCUT2D eigenvalue weighted by atomic mass is 9.96. The number of amides is 4. The first-order chi connectivity index (χ1) is 19.2. The summed E-state index contributed by atoms with van der Waals surface area (Å²) in [6, 6.07) is 7.02. The second-order valence-corrected chi connectivity index (χ2v) is 10.5. The minimum atomic E-state index is -0.799. The molecular weight excluding hydrogens is 516 g/mol. The minimum Gasteiger partial charge on any atom is -0.463 e. The number of rotatable bonds is 13. The molecule has 4 amide bonds. The van der Waals surface area contributed by atoms with Crippen LogP contribution in [0.1, 0.15) is 52.0 Å². The first-order valence-corrected chi connectivity index (χ1v) is 13.9. The van der Waals surface area contributed by atoms with E-state index in [2.05, 4.69) is 16.0 Å². The SMILES string of the molecule is CCOC(=O)/C=C/[C@H](C[C@@H]1CCNC1=O)NC(=O)[C@H](CC(C)C)N1CC[C@H](NC(=O)OCc2ccccc2)C1=O. The molecule has 2 aliphatic heterocycles. The van der Waals surface area contributed by atoms with Crippen molar-refractivity contribution in [1.29, 1.82) is 0 Å². The van der Waals surface area contributed by atoms with Crippen molar-refractivity contribution in [3.8, 4) is 0 Å². The van der Waals surface area contributed by atoms with Gasteiger partial charge in [0.05, 0.1) is 6.61 Å². The average molecular weight is 557 g/mol. The molecule has 11 heteroatoms. The van der Waals surface area contributed by atoms with Gasteiger partial charge in [-0.3, -0.25) is 14.4 Å². The van der Waals surface area contributed by atoms with E-state index in [0.29, 0.717) is 38.8 Å². The summed E-state index contributed by atoms with van der Waals surface area (Å²) >= 11 is 0. The first-order valence-electron chi connectivity index (χ1n) is 13.9. The zero-order chi connectivity index (χ0) is 29.1. The van der Waals surface area contributed by atoms with Crippen LogP contribution < -0.4 is 16.0 Å². The molecule has 218 valence electrons. The maximum absolute atomic E-state index is 13.6. The molecule has 0 saturated carbocycles.